The Bertz CT molecular complexity index is 1090. The third-order valence-corrected chi connectivity index (χ3v) is 6.94. The molecule has 0 saturated carbocycles. The second-order valence-corrected chi connectivity index (χ2v) is 10.9. The first kappa shape index (κ1) is 25.6. The molecule has 0 bridgehead atoms. The molecule has 1 N–H and O–H groups in total. The first-order valence-corrected chi connectivity index (χ1v) is 13.0. The van der Waals surface area contributed by atoms with Crippen LogP contribution in [0.3, 0.4) is 0 Å². The Morgan fingerprint density at radius 3 is 2.06 bits per heavy atom. The molecule has 1 fully saturated rings. The Balaban J connectivity index is 1.53. The third-order valence-electron chi connectivity index (χ3n) is 5.76. The molecular formula is C25H33N3O5S. The van der Waals surface area contributed by atoms with Gasteiger partial charge in [-0.1, -0.05) is 30.3 Å². The zero-order valence-electron chi connectivity index (χ0n) is 20.2. The summed E-state index contributed by atoms with van der Waals surface area (Å²) in [5.74, 6) is -0.510. The monoisotopic (exact) mass is 487 g/mol. The van der Waals surface area contributed by atoms with Crippen LogP contribution < -0.4 is 9.46 Å². The van der Waals surface area contributed by atoms with E-state index in [1.54, 1.807) is 29.2 Å². The van der Waals surface area contributed by atoms with Crippen molar-refractivity contribution in [2.45, 2.75) is 39.2 Å². The third kappa shape index (κ3) is 6.50. The number of ether oxygens (including phenoxy) is 1. The average Bonchev–Trinajstić information content (AvgIpc) is 2.79. The van der Waals surface area contributed by atoms with Crippen LogP contribution in [0.25, 0.3) is 0 Å². The minimum Gasteiger partial charge on any atom is -0.491 e. The summed E-state index contributed by atoms with van der Waals surface area (Å²) in [6.07, 6.45) is 0.0142. The number of hydrogen-bond acceptors (Lipinski definition) is 5. The number of benzene rings is 2. The van der Waals surface area contributed by atoms with Crippen molar-refractivity contribution in [3.05, 3.63) is 60.2 Å². The Hall–Kier alpha value is -3.07. The van der Waals surface area contributed by atoms with Crippen molar-refractivity contribution in [3.8, 4) is 5.75 Å². The second-order valence-electron chi connectivity index (χ2n) is 9.22. The highest BCUT2D eigenvalue weighted by Crippen LogP contribution is 2.26. The van der Waals surface area contributed by atoms with Crippen LogP contribution in [0.2, 0.25) is 0 Å². The van der Waals surface area contributed by atoms with E-state index in [9.17, 15) is 18.0 Å². The molecule has 3 rings (SSSR count). The minimum atomic E-state index is -3.87. The van der Waals surface area contributed by atoms with Gasteiger partial charge in [0.15, 0.2) is 0 Å². The summed E-state index contributed by atoms with van der Waals surface area (Å²) in [4.78, 5) is 29.0. The van der Waals surface area contributed by atoms with Crippen LogP contribution in [0.5, 0.6) is 5.75 Å². The number of sulfonamides is 1. The van der Waals surface area contributed by atoms with Gasteiger partial charge in [0.05, 0.1) is 11.5 Å². The molecule has 0 atom stereocenters. The highest BCUT2D eigenvalue weighted by Gasteiger charge is 2.36. The van der Waals surface area contributed by atoms with Crippen molar-refractivity contribution in [2.24, 2.45) is 0 Å². The zero-order valence-corrected chi connectivity index (χ0v) is 21.0. The number of anilines is 1. The largest absolute Gasteiger partial charge is 0.491 e. The van der Waals surface area contributed by atoms with E-state index >= 15 is 0 Å². The fraction of sp³-hybridized carbons (Fsp3) is 0.440. The van der Waals surface area contributed by atoms with Gasteiger partial charge in [0, 0.05) is 31.9 Å². The van der Waals surface area contributed by atoms with Gasteiger partial charge >= 0.3 is 0 Å². The van der Waals surface area contributed by atoms with Crippen LogP contribution in [0.15, 0.2) is 54.6 Å². The van der Waals surface area contributed by atoms with Crippen LogP contribution in [0.1, 0.15) is 33.3 Å². The first-order valence-electron chi connectivity index (χ1n) is 11.4. The van der Waals surface area contributed by atoms with Crippen molar-refractivity contribution in [2.75, 3.05) is 36.7 Å². The van der Waals surface area contributed by atoms with E-state index in [1.807, 2.05) is 58.0 Å². The van der Waals surface area contributed by atoms with E-state index < -0.39 is 27.1 Å². The van der Waals surface area contributed by atoms with E-state index in [4.69, 9.17) is 4.74 Å². The molecule has 1 aliphatic heterocycles. The lowest BCUT2D eigenvalue weighted by Crippen LogP contribution is -2.55. The van der Waals surface area contributed by atoms with Gasteiger partial charge in [0.2, 0.25) is 21.8 Å². The number of hydrogen-bond donors (Lipinski definition) is 1. The summed E-state index contributed by atoms with van der Waals surface area (Å²) < 4.78 is 33.0. The second kappa shape index (κ2) is 10.5. The molecule has 0 radical (unpaired) electrons. The molecule has 1 saturated heterocycles. The number of nitrogens with zero attached hydrogens (tertiary/aromatic N) is 2. The number of piperazine rings is 1. The van der Waals surface area contributed by atoms with Crippen LogP contribution >= 0.6 is 0 Å². The van der Waals surface area contributed by atoms with Gasteiger partial charge in [-0.2, -0.15) is 0 Å². The van der Waals surface area contributed by atoms with Gasteiger partial charge in [-0.25, -0.2) is 8.42 Å². The molecule has 0 unspecified atom stereocenters. The van der Waals surface area contributed by atoms with E-state index in [2.05, 4.69) is 4.72 Å². The van der Waals surface area contributed by atoms with E-state index in [0.29, 0.717) is 37.6 Å². The quantitative estimate of drug-likeness (QED) is 0.618. The predicted octanol–water partition coefficient (Wildman–Crippen LogP) is 2.86. The summed E-state index contributed by atoms with van der Waals surface area (Å²) in [5, 5.41) is 0. The molecule has 1 heterocycles. The normalized spacial score (nSPS) is 14.7. The molecule has 8 nitrogen and oxygen atoms in total. The summed E-state index contributed by atoms with van der Waals surface area (Å²) in [6, 6.07) is 16.1. The molecule has 2 amide bonds. The number of amides is 2. The topological polar surface area (TPSA) is 96.0 Å². The lowest BCUT2D eigenvalue weighted by molar-refractivity contribution is -0.141. The molecule has 0 aromatic heterocycles. The number of carbonyl (C=O) groups excluding carboxylic acids is 2. The SMILES string of the molecule is CC(C)Oc1ccc(NS(=O)(=O)CC(=O)N2CCN(C(=O)C(C)(C)c3ccccc3)CC2)cc1. The van der Waals surface area contributed by atoms with Gasteiger partial charge < -0.3 is 14.5 Å². The predicted molar refractivity (Wildman–Crippen MR) is 132 cm³/mol. The lowest BCUT2D eigenvalue weighted by Gasteiger charge is -2.38. The van der Waals surface area contributed by atoms with Crippen molar-refractivity contribution >= 4 is 27.5 Å². The maximum absolute atomic E-state index is 13.1. The highest BCUT2D eigenvalue weighted by atomic mass is 32.2. The molecular weight excluding hydrogens is 454 g/mol. The maximum Gasteiger partial charge on any atom is 0.241 e. The first-order chi connectivity index (χ1) is 16.0. The van der Waals surface area contributed by atoms with Crippen LogP contribution in [-0.4, -0.2) is 68.1 Å². The molecule has 0 spiro atoms. The number of rotatable bonds is 8. The molecule has 184 valence electrons. The van der Waals surface area contributed by atoms with Gasteiger partial charge in [0.1, 0.15) is 11.5 Å². The van der Waals surface area contributed by atoms with Crippen LogP contribution in [0, 0.1) is 0 Å². The lowest BCUT2D eigenvalue weighted by atomic mass is 9.83. The van der Waals surface area contributed by atoms with Gasteiger partial charge in [0.25, 0.3) is 0 Å². The van der Waals surface area contributed by atoms with Gasteiger partial charge in [-0.05, 0) is 57.5 Å². The van der Waals surface area contributed by atoms with Gasteiger partial charge in [-0.3, -0.25) is 14.3 Å². The summed E-state index contributed by atoms with van der Waals surface area (Å²) in [6.45, 7) is 8.92. The standard InChI is InChI=1S/C25H33N3O5S/c1-19(2)33-22-12-10-21(11-13-22)26-34(31,32)18-23(29)27-14-16-28(17-15-27)24(30)25(3,4)20-8-6-5-7-9-20/h5-13,19,26H,14-18H2,1-4H3. The molecule has 34 heavy (non-hydrogen) atoms. The van der Waals surface area contributed by atoms with Crippen LogP contribution in [-0.2, 0) is 25.0 Å². The fourth-order valence-corrected chi connectivity index (χ4v) is 4.95. The zero-order chi connectivity index (χ0) is 24.9. The van der Waals surface area contributed by atoms with Crippen molar-refractivity contribution in [3.63, 3.8) is 0 Å². The van der Waals surface area contributed by atoms with Crippen molar-refractivity contribution in [1.82, 2.24) is 9.80 Å². The van der Waals surface area contributed by atoms with E-state index in [0.717, 1.165) is 5.56 Å². The van der Waals surface area contributed by atoms with Crippen LogP contribution in [0.4, 0.5) is 5.69 Å². The Morgan fingerprint density at radius 2 is 1.50 bits per heavy atom. The smallest absolute Gasteiger partial charge is 0.241 e. The Labute approximate surface area is 201 Å². The summed E-state index contributed by atoms with van der Waals surface area (Å²) in [7, 11) is -3.87. The molecule has 2 aromatic rings. The summed E-state index contributed by atoms with van der Waals surface area (Å²) in [5.41, 5.74) is 0.609. The average molecular weight is 488 g/mol. The molecule has 2 aromatic carbocycles. The number of carbonyl (C=O) groups is 2. The van der Waals surface area contributed by atoms with Gasteiger partial charge in [-0.15, -0.1) is 0 Å². The highest BCUT2D eigenvalue weighted by molar-refractivity contribution is 7.93. The summed E-state index contributed by atoms with van der Waals surface area (Å²) >= 11 is 0. The van der Waals surface area contributed by atoms with Crippen molar-refractivity contribution in [1.29, 1.82) is 0 Å². The minimum absolute atomic E-state index is 0.00928. The Morgan fingerprint density at radius 1 is 0.941 bits per heavy atom. The molecule has 9 heteroatoms. The maximum atomic E-state index is 13.1. The van der Waals surface area contributed by atoms with E-state index in [-0.39, 0.29) is 12.0 Å². The molecule has 0 aliphatic carbocycles. The van der Waals surface area contributed by atoms with E-state index in [1.165, 1.54) is 4.90 Å². The number of nitrogens with one attached hydrogen (secondary N) is 1. The fourth-order valence-electron chi connectivity index (χ4n) is 3.88. The Kier molecular flexibility index (Phi) is 7.86. The van der Waals surface area contributed by atoms with Crippen molar-refractivity contribution < 1.29 is 22.7 Å². The molecule has 1 aliphatic rings.